The highest BCUT2D eigenvalue weighted by Gasteiger charge is 2.31. The lowest BCUT2D eigenvalue weighted by molar-refractivity contribution is -0.116. The molecule has 0 fully saturated rings. The summed E-state index contributed by atoms with van der Waals surface area (Å²) >= 11 is 12.3. The maximum absolute atomic E-state index is 12.2. The Hall–Kier alpha value is -2.24. The fourth-order valence-electron chi connectivity index (χ4n) is 3.00. The molecule has 1 aliphatic rings. The van der Waals surface area contributed by atoms with Gasteiger partial charge in [-0.25, -0.2) is 4.68 Å². The van der Waals surface area contributed by atoms with E-state index in [0.717, 1.165) is 16.9 Å². The fraction of sp³-hybridized carbons (Fsp3) is 0.176. The second-order valence-electron chi connectivity index (χ2n) is 5.66. The Morgan fingerprint density at radius 3 is 2.92 bits per heavy atom. The molecule has 0 bridgehead atoms. The van der Waals surface area contributed by atoms with Crippen LogP contribution in [0.25, 0.3) is 0 Å². The maximum Gasteiger partial charge on any atom is 0.226 e. The first-order valence-corrected chi connectivity index (χ1v) is 8.20. The number of aromatic nitrogens is 2. The van der Waals surface area contributed by atoms with Crippen molar-refractivity contribution >= 4 is 34.9 Å². The van der Waals surface area contributed by atoms with Gasteiger partial charge in [-0.3, -0.25) is 4.79 Å². The van der Waals surface area contributed by atoms with E-state index < -0.39 is 0 Å². The second-order valence-corrected chi connectivity index (χ2v) is 6.50. The summed E-state index contributed by atoms with van der Waals surface area (Å²) in [7, 11) is 0. The van der Waals surface area contributed by atoms with Gasteiger partial charge in [-0.1, -0.05) is 29.3 Å². The SMILES string of the molecule is O=C1C[C@@H](c2ccc(Cl)cc2Cl)c2cnn(Cc3ccco3)c2N1. The Labute approximate surface area is 148 Å². The van der Waals surface area contributed by atoms with Gasteiger partial charge in [0, 0.05) is 27.9 Å². The van der Waals surface area contributed by atoms with Crippen molar-refractivity contribution in [1.82, 2.24) is 9.78 Å². The third kappa shape index (κ3) is 2.70. The summed E-state index contributed by atoms with van der Waals surface area (Å²) in [6.45, 7) is 0.448. The number of furan rings is 1. The first-order valence-electron chi connectivity index (χ1n) is 7.44. The first kappa shape index (κ1) is 15.3. The monoisotopic (exact) mass is 361 g/mol. The molecular weight excluding hydrogens is 349 g/mol. The van der Waals surface area contributed by atoms with Crippen molar-refractivity contribution in [3.8, 4) is 0 Å². The maximum atomic E-state index is 12.2. The lowest BCUT2D eigenvalue weighted by Crippen LogP contribution is -2.25. The zero-order chi connectivity index (χ0) is 16.7. The number of fused-ring (bicyclic) bond motifs is 1. The number of nitrogens with one attached hydrogen (secondary N) is 1. The van der Waals surface area contributed by atoms with Crippen LogP contribution in [0.4, 0.5) is 5.82 Å². The van der Waals surface area contributed by atoms with Gasteiger partial charge < -0.3 is 9.73 Å². The number of amides is 1. The smallest absolute Gasteiger partial charge is 0.226 e. The third-order valence-electron chi connectivity index (χ3n) is 4.11. The molecule has 1 aromatic carbocycles. The van der Waals surface area contributed by atoms with Crippen LogP contribution in [0.2, 0.25) is 10.0 Å². The highest BCUT2D eigenvalue weighted by atomic mass is 35.5. The minimum atomic E-state index is -0.149. The van der Waals surface area contributed by atoms with Gasteiger partial charge >= 0.3 is 0 Å². The largest absolute Gasteiger partial charge is 0.467 e. The molecule has 4 rings (SSSR count). The molecule has 7 heteroatoms. The summed E-state index contributed by atoms with van der Waals surface area (Å²) in [5, 5.41) is 8.42. The van der Waals surface area contributed by atoms with Crippen molar-refractivity contribution < 1.29 is 9.21 Å². The summed E-state index contributed by atoms with van der Waals surface area (Å²) in [5.74, 6) is 1.23. The Morgan fingerprint density at radius 1 is 1.29 bits per heavy atom. The molecule has 0 spiro atoms. The minimum absolute atomic E-state index is 0.0697. The van der Waals surface area contributed by atoms with Crippen LogP contribution in [0.1, 0.15) is 29.2 Å². The van der Waals surface area contributed by atoms with E-state index in [0.29, 0.717) is 28.8 Å². The number of anilines is 1. The van der Waals surface area contributed by atoms with E-state index in [2.05, 4.69) is 10.4 Å². The molecular formula is C17H13Cl2N3O2. The van der Waals surface area contributed by atoms with Crippen molar-refractivity contribution in [3.05, 3.63) is 69.7 Å². The number of benzene rings is 1. The Kier molecular flexibility index (Phi) is 3.82. The van der Waals surface area contributed by atoms with Gasteiger partial charge in [-0.05, 0) is 29.8 Å². The zero-order valence-electron chi connectivity index (χ0n) is 12.5. The van der Waals surface area contributed by atoms with E-state index in [-0.39, 0.29) is 11.8 Å². The van der Waals surface area contributed by atoms with E-state index in [1.54, 1.807) is 29.3 Å². The van der Waals surface area contributed by atoms with Crippen molar-refractivity contribution in [2.24, 2.45) is 0 Å². The molecule has 0 saturated carbocycles. The van der Waals surface area contributed by atoms with Crippen LogP contribution in [0.15, 0.2) is 47.2 Å². The van der Waals surface area contributed by atoms with Crippen molar-refractivity contribution in [2.75, 3.05) is 5.32 Å². The summed E-state index contributed by atoms with van der Waals surface area (Å²) in [4.78, 5) is 12.2. The van der Waals surface area contributed by atoms with E-state index >= 15 is 0 Å². The molecule has 2 aromatic heterocycles. The van der Waals surface area contributed by atoms with Crippen LogP contribution >= 0.6 is 23.2 Å². The van der Waals surface area contributed by atoms with Crippen LogP contribution in [-0.2, 0) is 11.3 Å². The topological polar surface area (TPSA) is 60.1 Å². The predicted octanol–water partition coefficient (Wildman–Crippen LogP) is 4.31. The van der Waals surface area contributed by atoms with Crippen molar-refractivity contribution in [3.63, 3.8) is 0 Å². The number of halogens is 2. The van der Waals surface area contributed by atoms with Gasteiger partial charge in [0.15, 0.2) is 0 Å². The van der Waals surface area contributed by atoms with Crippen LogP contribution in [-0.4, -0.2) is 15.7 Å². The summed E-state index contributed by atoms with van der Waals surface area (Å²) in [5.41, 5.74) is 1.81. The molecule has 122 valence electrons. The first-order chi connectivity index (χ1) is 11.6. The van der Waals surface area contributed by atoms with Crippen molar-refractivity contribution in [2.45, 2.75) is 18.9 Å². The van der Waals surface area contributed by atoms with Gasteiger partial charge in [0.05, 0.1) is 12.5 Å². The highest BCUT2D eigenvalue weighted by Crippen LogP contribution is 2.40. The number of hydrogen-bond acceptors (Lipinski definition) is 3. The average Bonchev–Trinajstić information content (AvgIpc) is 3.18. The van der Waals surface area contributed by atoms with Gasteiger partial charge in [0.2, 0.25) is 5.91 Å². The van der Waals surface area contributed by atoms with Gasteiger partial charge in [0.1, 0.15) is 18.1 Å². The highest BCUT2D eigenvalue weighted by molar-refractivity contribution is 6.35. The van der Waals surface area contributed by atoms with E-state index in [9.17, 15) is 4.79 Å². The lowest BCUT2D eigenvalue weighted by atomic mass is 9.87. The normalized spacial score (nSPS) is 16.8. The van der Waals surface area contributed by atoms with Crippen molar-refractivity contribution in [1.29, 1.82) is 0 Å². The molecule has 1 N–H and O–H groups in total. The van der Waals surface area contributed by atoms with Crippen LogP contribution in [0.5, 0.6) is 0 Å². The van der Waals surface area contributed by atoms with E-state index in [4.69, 9.17) is 27.6 Å². The zero-order valence-corrected chi connectivity index (χ0v) is 14.0. The molecule has 1 amide bonds. The summed E-state index contributed by atoms with van der Waals surface area (Å²) in [6.07, 6.45) is 3.70. The second kappa shape index (κ2) is 6.00. The van der Waals surface area contributed by atoms with E-state index in [1.165, 1.54) is 0 Å². The standard InChI is InChI=1S/C17H13Cl2N3O2/c18-10-3-4-12(15(19)6-10)13-7-16(23)21-17-14(13)8-20-22(17)9-11-2-1-5-24-11/h1-6,8,13H,7,9H2,(H,21,23)/t13-/m0/s1. The molecule has 0 aliphatic carbocycles. The average molecular weight is 362 g/mol. The molecule has 0 radical (unpaired) electrons. The molecule has 3 heterocycles. The Bertz CT molecular complexity index is 903. The number of hydrogen-bond donors (Lipinski definition) is 1. The molecule has 5 nitrogen and oxygen atoms in total. The fourth-order valence-corrected chi connectivity index (χ4v) is 3.54. The van der Waals surface area contributed by atoms with Gasteiger partial charge in [-0.15, -0.1) is 0 Å². The molecule has 0 unspecified atom stereocenters. The molecule has 3 aromatic rings. The quantitative estimate of drug-likeness (QED) is 0.756. The number of carbonyl (C=O) groups is 1. The Morgan fingerprint density at radius 2 is 2.17 bits per heavy atom. The Balaban J connectivity index is 1.75. The minimum Gasteiger partial charge on any atom is -0.467 e. The van der Waals surface area contributed by atoms with Gasteiger partial charge in [0.25, 0.3) is 0 Å². The lowest BCUT2D eigenvalue weighted by Gasteiger charge is -2.24. The molecule has 24 heavy (non-hydrogen) atoms. The van der Waals surface area contributed by atoms with Crippen LogP contribution < -0.4 is 5.32 Å². The molecule has 0 saturated heterocycles. The summed E-state index contributed by atoms with van der Waals surface area (Å²) < 4.78 is 7.08. The number of nitrogens with zero attached hydrogens (tertiary/aromatic N) is 2. The van der Waals surface area contributed by atoms with Crippen LogP contribution in [0, 0.1) is 0 Å². The van der Waals surface area contributed by atoms with Crippen LogP contribution in [0.3, 0.4) is 0 Å². The molecule has 1 atom stereocenters. The number of carbonyl (C=O) groups excluding carboxylic acids is 1. The van der Waals surface area contributed by atoms with Gasteiger partial charge in [-0.2, -0.15) is 5.10 Å². The molecule has 1 aliphatic heterocycles. The van der Waals surface area contributed by atoms with E-state index in [1.807, 2.05) is 18.2 Å². The number of rotatable bonds is 3. The summed E-state index contributed by atoms with van der Waals surface area (Å²) in [6, 6.07) is 9.02. The third-order valence-corrected chi connectivity index (χ3v) is 4.68. The predicted molar refractivity (Wildman–Crippen MR) is 91.6 cm³/mol.